The third kappa shape index (κ3) is 3.34. The van der Waals surface area contributed by atoms with Gasteiger partial charge in [0.2, 0.25) is 0 Å². The van der Waals surface area contributed by atoms with Gasteiger partial charge in [-0.2, -0.15) is 0 Å². The van der Waals surface area contributed by atoms with Gasteiger partial charge in [-0.15, -0.1) is 0 Å². The highest BCUT2D eigenvalue weighted by Gasteiger charge is 2.18. The number of hydrogen-bond donors (Lipinski definition) is 0. The van der Waals surface area contributed by atoms with Gasteiger partial charge in [-0.3, -0.25) is 4.79 Å². The molecule has 0 radical (unpaired) electrons. The number of ether oxygens (including phenoxy) is 2. The summed E-state index contributed by atoms with van der Waals surface area (Å²) in [5.74, 6) is 0.960. The van der Waals surface area contributed by atoms with Crippen molar-refractivity contribution in [3.05, 3.63) is 18.3 Å². The van der Waals surface area contributed by atoms with Gasteiger partial charge in [0, 0.05) is 19.8 Å². The summed E-state index contributed by atoms with van der Waals surface area (Å²) >= 11 is 0. The summed E-state index contributed by atoms with van der Waals surface area (Å²) in [5, 5.41) is 0. The van der Waals surface area contributed by atoms with Crippen LogP contribution in [0.2, 0.25) is 0 Å². The lowest BCUT2D eigenvalue weighted by molar-refractivity contribution is -0.144. The zero-order valence-electron chi connectivity index (χ0n) is 10.6. The fourth-order valence-electron chi connectivity index (χ4n) is 1.60. The number of aromatic nitrogens is 1. The Morgan fingerprint density at radius 3 is 2.82 bits per heavy atom. The molecule has 0 fully saturated rings. The second kappa shape index (κ2) is 6.08. The molecule has 0 spiro atoms. The van der Waals surface area contributed by atoms with Crippen LogP contribution >= 0.6 is 0 Å². The molecular weight excluding hydrogens is 220 g/mol. The average Bonchev–Trinajstić information content (AvgIpc) is 2.37. The molecule has 1 heterocycles. The summed E-state index contributed by atoms with van der Waals surface area (Å²) in [5.41, 5.74) is 0. The van der Waals surface area contributed by atoms with Gasteiger partial charge in [0.1, 0.15) is 0 Å². The van der Waals surface area contributed by atoms with Gasteiger partial charge in [-0.25, -0.2) is 4.98 Å². The second-order valence-corrected chi connectivity index (χ2v) is 3.83. The Balaban J connectivity index is 2.75. The molecule has 1 rings (SSSR count). The highest BCUT2D eigenvalue weighted by molar-refractivity contribution is 5.72. The van der Waals surface area contributed by atoms with Crippen molar-refractivity contribution >= 4 is 11.8 Å². The van der Waals surface area contributed by atoms with Crippen molar-refractivity contribution in [2.24, 2.45) is 5.92 Å². The van der Waals surface area contributed by atoms with Crippen molar-refractivity contribution < 1.29 is 14.3 Å². The van der Waals surface area contributed by atoms with E-state index in [-0.39, 0.29) is 11.9 Å². The molecule has 0 saturated heterocycles. The molecule has 0 N–H and O–H groups in total. The van der Waals surface area contributed by atoms with Crippen LogP contribution in [0.1, 0.15) is 6.92 Å². The smallest absolute Gasteiger partial charge is 0.310 e. The molecule has 1 aromatic heterocycles. The molecule has 94 valence electrons. The van der Waals surface area contributed by atoms with Crippen LogP contribution < -0.4 is 9.64 Å². The fourth-order valence-corrected chi connectivity index (χ4v) is 1.60. The molecule has 0 aliphatic heterocycles. The Morgan fingerprint density at radius 1 is 1.53 bits per heavy atom. The van der Waals surface area contributed by atoms with Gasteiger partial charge < -0.3 is 14.4 Å². The molecule has 1 aromatic rings. The first kappa shape index (κ1) is 13.3. The van der Waals surface area contributed by atoms with Crippen LogP contribution in [-0.4, -0.2) is 38.8 Å². The quantitative estimate of drug-likeness (QED) is 0.724. The highest BCUT2D eigenvalue weighted by Crippen LogP contribution is 2.24. The summed E-state index contributed by atoms with van der Waals surface area (Å²) in [6.45, 7) is 2.35. The standard InChI is InChI=1S/C12H18N2O3/c1-9(12(15)17-4)8-14(2)11-10(16-3)6-5-7-13-11/h5-7,9H,8H2,1-4H3. The van der Waals surface area contributed by atoms with Gasteiger partial charge in [-0.1, -0.05) is 6.92 Å². The van der Waals surface area contributed by atoms with E-state index in [1.165, 1.54) is 7.11 Å². The third-order valence-corrected chi connectivity index (χ3v) is 2.48. The molecule has 0 aliphatic rings. The number of pyridine rings is 1. The molecule has 5 nitrogen and oxygen atoms in total. The van der Waals surface area contributed by atoms with E-state index >= 15 is 0 Å². The van der Waals surface area contributed by atoms with Crippen LogP contribution in [-0.2, 0) is 9.53 Å². The largest absolute Gasteiger partial charge is 0.493 e. The van der Waals surface area contributed by atoms with E-state index in [9.17, 15) is 4.79 Å². The molecule has 0 amide bonds. The zero-order valence-corrected chi connectivity index (χ0v) is 10.6. The van der Waals surface area contributed by atoms with E-state index in [2.05, 4.69) is 9.72 Å². The van der Waals surface area contributed by atoms with Crippen LogP contribution in [0.15, 0.2) is 18.3 Å². The number of carbonyl (C=O) groups is 1. The SMILES string of the molecule is COC(=O)C(C)CN(C)c1ncccc1OC. The van der Waals surface area contributed by atoms with Crippen molar-refractivity contribution in [2.75, 3.05) is 32.7 Å². The highest BCUT2D eigenvalue weighted by atomic mass is 16.5. The predicted molar refractivity (Wildman–Crippen MR) is 65.2 cm³/mol. The van der Waals surface area contributed by atoms with Crippen LogP contribution in [0, 0.1) is 5.92 Å². The van der Waals surface area contributed by atoms with Gasteiger partial charge >= 0.3 is 5.97 Å². The monoisotopic (exact) mass is 238 g/mol. The predicted octanol–water partition coefficient (Wildman–Crippen LogP) is 1.34. The van der Waals surface area contributed by atoms with E-state index in [1.807, 2.05) is 24.9 Å². The van der Waals surface area contributed by atoms with Crippen molar-refractivity contribution in [3.8, 4) is 5.75 Å². The lowest BCUT2D eigenvalue weighted by atomic mass is 10.2. The summed E-state index contributed by atoms with van der Waals surface area (Å²) in [7, 11) is 4.85. The molecule has 0 aromatic carbocycles. The minimum Gasteiger partial charge on any atom is -0.493 e. The van der Waals surface area contributed by atoms with Crippen LogP contribution in [0.3, 0.4) is 0 Å². The van der Waals surface area contributed by atoms with Gasteiger partial charge in [-0.05, 0) is 12.1 Å². The van der Waals surface area contributed by atoms with Crippen LogP contribution in [0.25, 0.3) is 0 Å². The van der Waals surface area contributed by atoms with Crippen molar-refractivity contribution in [1.82, 2.24) is 4.98 Å². The molecular formula is C12H18N2O3. The fraction of sp³-hybridized carbons (Fsp3) is 0.500. The number of methoxy groups -OCH3 is 2. The molecule has 17 heavy (non-hydrogen) atoms. The maximum atomic E-state index is 11.3. The van der Waals surface area contributed by atoms with E-state index in [1.54, 1.807) is 19.4 Å². The molecule has 1 unspecified atom stereocenters. The topological polar surface area (TPSA) is 51.7 Å². The second-order valence-electron chi connectivity index (χ2n) is 3.83. The molecule has 0 saturated carbocycles. The summed E-state index contributed by atoms with van der Waals surface area (Å²) in [4.78, 5) is 17.4. The first-order valence-electron chi connectivity index (χ1n) is 5.38. The van der Waals surface area contributed by atoms with Gasteiger partial charge in [0.05, 0.1) is 20.1 Å². The minimum atomic E-state index is -0.230. The Labute approximate surface area is 101 Å². The van der Waals surface area contributed by atoms with Gasteiger partial charge in [0.15, 0.2) is 11.6 Å². The Hall–Kier alpha value is -1.78. The van der Waals surface area contributed by atoms with Crippen molar-refractivity contribution in [3.63, 3.8) is 0 Å². The molecule has 1 atom stereocenters. The van der Waals surface area contributed by atoms with Crippen LogP contribution in [0.5, 0.6) is 5.75 Å². The minimum absolute atomic E-state index is 0.211. The average molecular weight is 238 g/mol. The Morgan fingerprint density at radius 2 is 2.24 bits per heavy atom. The third-order valence-electron chi connectivity index (χ3n) is 2.48. The van der Waals surface area contributed by atoms with E-state index in [0.29, 0.717) is 18.1 Å². The lowest BCUT2D eigenvalue weighted by Crippen LogP contribution is -2.30. The van der Waals surface area contributed by atoms with Gasteiger partial charge in [0.25, 0.3) is 0 Å². The maximum Gasteiger partial charge on any atom is 0.310 e. The van der Waals surface area contributed by atoms with Crippen molar-refractivity contribution in [2.45, 2.75) is 6.92 Å². The number of nitrogens with zero attached hydrogens (tertiary/aromatic N) is 2. The summed E-state index contributed by atoms with van der Waals surface area (Å²) < 4.78 is 9.90. The normalized spacial score (nSPS) is 11.8. The number of rotatable bonds is 5. The molecule has 0 aliphatic carbocycles. The van der Waals surface area contributed by atoms with E-state index in [4.69, 9.17) is 4.74 Å². The summed E-state index contributed by atoms with van der Waals surface area (Å²) in [6.07, 6.45) is 1.69. The number of esters is 1. The number of carbonyl (C=O) groups excluding carboxylic acids is 1. The maximum absolute atomic E-state index is 11.3. The summed E-state index contributed by atoms with van der Waals surface area (Å²) in [6, 6.07) is 3.64. The number of anilines is 1. The lowest BCUT2D eigenvalue weighted by Gasteiger charge is -2.22. The van der Waals surface area contributed by atoms with Crippen LogP contribution in [0.4, 0.5) is 5.82 Å². The first-order valence-corrected chi connectivity index (χ1v) is 5.38. The zero-order chi connectivity index (χ0) is 12.8. The Kier molecular flexibility index (Phi) is 4.75. The Bertz CT molecular complexity index is 382. The first-order chi connectivity index (χ1) is 8.10. The molecule has 5 heteroatoms. The van der Waals surface area contributed by atoms with E-state index < -0.39 is 0 Å². The van der Waals surface area contributed by atoms with Crippen molar-refractivity contribution in [1.29, 1.82) is 0 Å². The number of hydrogen-bond acceptors (Lipinski definition) is 5. The molecule has 0 bridgehead atoms. The van der Waals surface area contributed by atoms with E-state index in [0.717, 1.165) is 0 Å².